The lowest BCUT2D eigenvalue weighted by atomic mass is 10.2. The molecular formula is C15H12FN3OS. The van der Waals surface area contributed by atoms with Gasteiger partial charge in [-0.25, -0.2) is 9.37 Å². The molecule has 0 spiro atoms. The van der Waals surface area contributed by atoms with Crippen molar-refractivity contribution < 1.29 is 8.81 Å². The zero-order chi connectivity index (χ0) is 14.7. The third-order valence-corrected chi connectivity index (χ3v) is 3.92. The molecule has 0 saturated carbocycles. The number of nitrogen functional groups attached to an aromatic ring is 1. The molecule has 0 fully saturated rings. The first kappa shape index (κ1) is 13.6. The molecule has 2 N–H and O–H groups in total. The molecule has 3 rings (SSSR count). The largest absolute Gasteiger partial charge is 0.440 e. The number of halogens is 1. The fraction of sp³-hybridized carbons (Fsp3) is 0.0667. The molecule has 0 radical (unpaired) electrons. The smallest absolute Gasteiger partial charge is 0.205 e. The maximum absolute atomic E-state index is 12.9. The fourth-order valence-corrected chi connectivity index (χ4v) is 2.58. The monoisotopic (exact) mass is 301 g/mol. The molecule has 0 bridgehead atoms. The normalized spacial score (nSPS) is 10.7. The maximum Gasteiger partial charge on any atom is 0.205 e. The first-order chi connectivity index (χ1) is 10.2. The summed E-state index contributed by atoms with van der Waals surface area (Å²) < 4.78 is 18.5. The van der Waals surface area contributed by atoms with Gasteiger partial charge >= 0.3 is 0 Å². The maximum atomic E-state index is 12.9. The summed E-state index contributed by atoms with van der Waals surface area (Å²) in [7, 11) is 0. The van der Waals surface area contributed by atoms with E-state index in [1.807, 2.05) is 6.07 Å². The number of aromatic nitrogens is 2. The van der Waals surface area contributed by atoms with Crippen molar-refractivity contribution in [2.45, 2.75) is 10.6 Å². The number of hydrogen-bond donors (Lipinski definition) is 1. The summed E-state index contributed by atoms with van der Waals surface area (Å²) in [6.07, 6.45) is 4.94. The minimum absolute atomic E-state index is 0.276. The highest BCUT2D eigenvalue weighted by Gasteiger charge is 2.08. The minimum Gasteiger partial charge on any atom is -0.440 e. The molecule has 6 heteroatoms. The Morgan fingerprint density at radius 2 is 1.95 bits per heavy atom. The standard InChI is InChI=1S/C15H12FN3OS/c16-11-3-1-10(2-4-11)13-8-19-15(20-13)9-21-14-5-6-18-7-12(14)17/h1-8H,9,17H2. The van der Waals surface area contributed by atoms with Gasteiger partial charge in [-0.2, -0.15) is 0 Å². The zero-order valence-electron chi connectivity index (χ0n) is 11.0. The molecule has 3 aromatic rings. The molecule has 21 heavy (non-hydrogen) atoms. The van der Waals surface area contributed by atoms with Gasteiger partial charge in [-0.1, -0.05) is 0 Å². The Kier molecular flexibility index (Phi) is 3.87. The molecule has 0 atom stereocenters. The van der Waals surface area contributed by atoms with Crippen LogP contribution in [0, 0.1) is 5.82 Å². The van der Waals surface area contributed by atoms with E-state index >= 15 is 0 Å². The van der Waals surface area contributed by atoms with Crippen LogP contribution in [0.3, 0.4) is 0 Å². The van der Waals surface area contributed by atoms with Crippen molar-refractivity contribution in [3.63, 3.8) is 0 Å². The number of oxazole rings is 1. The Morgan fingerprint density at radius 3 is 2.71 bits per heavy atom. The summed E-state index contributed by atoms with van der Waals surface area (Å²) >= 11 is 1.53. The van der Waals surface area contributed by atoms with Gasteiger partial charge in [0.05, 0.1) is 23.8 Å². The van der Waals surface area contributed by atoms with Crippen LogP contribution in [0.4, 0.5) is 10.1 Å². The van der Waals surface area contributed by atoms with Crippen molar-refractivity contribution in [3.8, 4) is 11.3 Å². The van der Waals surface area contributed by atoms with Gasteiger partial charge in [0.15, 0.2) is 5.76 Å². The van der Waals surface area contributed by atoms with Gasteiger partial charge in [0.2, 0.25) is 5.89 Å². The van der Waals surface area contributed by atoms with Gasteiger partial charge in [0, 0.05) is 16.7 Å². The van der Waals surface area contributed by atoms with Crippen LogP contribution in [-0.4, -0.2) is 9.97 Å². The number of pyridine rings is 1. The SMILES string of the molecule is Nc1cnccc1SCc1ncc(-c2ccc(F)cc2)o1. The third-order valence-electron chi connectivity index (χ3n) is 2.84. The lowest BCUT2D eigenvalue weighted by molar-refractivity contribution is 0.530. The zero-order valence-corrected chi connectivity index (χ0v) is 11.8. The van der Waals surface area contributed by atoms with E-state index in [-0.39, 0.29) is 5.82 Å². The molecular weight excluding hydrogens is 289 g/mol. The van der Waals surface area contributed by atoms with Crippen LogP contribution in [-0.2, 0) is 5.75 Å². The van der Waals surface area contributed by atoms with E-state index in [2.05, 4.69) is 9.97 Å². The predicted molar refractivity (Wildman–Crippen MR) is 80.1 cm³/mol. The molecule has 1 aromatic carbocycles. The Bertz CT molecular complexity index is 743. The lowest BCUT2D eigenvalue weighted by Gasteiger charge is -2.01. The molecule has 2 aromatic heterocycles. The highest BCUT2D eigenvalue weighted by atomic mass is 32.2. The molecule has 0 unspecified atom stereocenters. The summed E-state index contributed by atoms with van der Waals surface area (Å²) in [5.41, 5.74) is 7.25. The Hall–Kier alpha value is -2.34. The molecule has 0 amide bonds. The van der Waals surface area contributed by atoms with E-state index in [0.717, 1.165) is 10.5 Å². The summed E-state index contributed by atoms with van der Waals surface area (Å²) in [6, 6.07) is 7.96. The van der Waals surface area contributed by atoms with Crippen molar-refractivity contribution in [2.24, 2.45) is 0 Å². The molecule has 2 heterocycles. The molecule has 0 aliphatic heterocycles. The number of rotatable bonds is 4. The number of thioether (sulfide) groups is 1. The van der Waals surface area contributed by atoms with Crippen molar-refractivity contribution >= 4 is 17.4 Å². The molecule has 0 aliphatic carbocycles. The van der Waals surface area contributed by atoms with Gasteiger partial charge < -0.3 is 10.2 Å². The number of hydrogen-bond acceptors (Lipinski definition) is 5. The number of nitrogens with two attached hydrogens (primary N) is 1. The van der Waals surface area contributed by atoms with Crippen molar-refractivity contribution in [1.29, 1.82) is 0 Å². The Balaban J connectivity index is 1.71. The highest BCUT2D eigenvalue weighted by Crippen LogP contribution is 2.28. The average Bonchev–Trinajstić information content (AvgIpc) is 2.96. The second-order valence-corrected chi connectivity index (χ2v) is 5.34. The summed E-state index contributed by atoms with van der Waals surface area (Å²) in [5.74, 6) is 1.50. The fourth-order valence-electron chi connectivity index (χ4n) is 1.79. The molecule has 4 nitrogen and oxygen atoms in total. The van der Waals surface area contributed by atoms with Crippen LogP contribution >= 0.6 is 11.8 Å². The summed E-state index contributed by atoms with van der Waals surface area (Å²) in [4.78, 5) is 9.10. The molecule has 106 valence electrons. The summed E-state index contributed by atoms with van der Waals surface area (Å²) in [5, 5.41) is 0. The van der Waals surface area contributed by atoms with Gasteiger partial charge in [0.25, 0.3) is 0 Å². The second kappa shape index (κ2) is 5.97. The lowest BCUT2D eigenvalue weighted by Crippen LogP contribution is -1.89. The predicted octanol–water partition coefficient (Wildman–Crippen LogP) is 3.75. The quantitative estimate of drug-likeness (QED) is 0.743. The van der Waals surface area contributed by atoms with E-state index < -0.39 is 0 Å². The number of benzene rings is 1. The average molecular weight is 301 g/mol. The van der Waals surface area contributed by atoms with Crippen molar-refractivity contribution in [1.82, 2.24) is 9.97 Å². The van der Waals surface area contributed by atoms with Crippen LogP contribution < -0.4 is 5.73 Å². The number of nitrogens with zero attached hydrogens (tertiary/aromatic N) is 2. The van der Waals surface area contributed by atoms with Gasteiger partial charge in [-0.05, 0) is 30.3 Å². The van der Waals surface area contributed by atoms with Crippen LogP contribution in [0.25, 0.3) is 11.3 Å². The minimum atomic E-state index is -0.276. The summed E-state index contributed by atoms with van der Waals surface area (Å²) in [6.45, 7) is 0. The molecule has 0 aliphatic rings. The van der Waals surface area contributed by atoms with Gasteiger partial charge in [-0.15, -0.1) is 11.8 Å². The van der Waals surface area contributed by atoms with Crippen LogP contribution in [0.5, 0.6) is 0 Å². The topological polar surface area (TPSA) is 64.9 Å². The van der Waals surface area contributed by atoms with Crippen LogP contribution in [0.1, 0.15) is 5.89 Å². The first-order valence-electron chi connectivity index (χ1n) is 6.25. The van der Waals surface area contributed by atoms with Crippen molar-refractivity contribution in [3.05, 3.63) is 60.6 Å². The number of anilines is 1. The van der Waals surface area contributed by atoms with Crippen LogP contribution in [0.2, 0.25) is 0 Å². The second-order valence-electron chi connectivity index (χ2n) is 4.33. The van der Waals surface area contributed by atoms with E-state index in [9.17, 15) is 4.39 Å². The van der Waals surface area contributed by atoms with E-state index in [0.29, 0.717) is 23.1 Å². The first-order valence-corrected chi connectivity index (χ1v) is 7.24. The molecule has 0 saturated heterocycles. The Morgan fingerprint density at radius 1 is 1.14 bits per heavy atom. The van der Waals surface area contributed by atoms with Gasteiger partial charge in [0.1, 0.15) is 5.82 Å². The van der Waals surface area contributed by atoms with E-state index in [4.69, 9.17) is 10.2 Å². The third kappa shape index (κ3) is 3.22. The van der Waals surface area contributed by atoms with E-state index in [1.165, 1.54) is 23.9 Å². The Labute approximate surface area is 125 Å². The highest BCUT2D eigenvalue weighted by molar-refractivity contribution is 7.98. The van der Waals surface area contributed by atoms with Gasteiger partial charge in [-0.3, -0.25) is 4.98 Å². The van der Waals surface area contributed by atoms with Crippen molar-refractivity contribution in [2.75, 3.05) is 5.73 Å². The van der Waals surface area contributed by atoms with E-state index in [1.54, 1.807) is 30.7 Å². The van der Waals surface area contributed by atoms with Crippen LogP contribution in [0.15, 0.2) is 58.2 Å².